The number of aryl methyl sites for hydroxylation is 1. The van der Waals surface area contributed by atoms with E-state index in [0.29, 0.717) is 6.54 Å². The second-order valence-corrected chi connectivity index (χ2v) is 5.45. The molecule has 1 aromatic heterocycles. The molecule has 0 radical (unpaired) electrons. The average molecular weight is 326 g/mol. The summed E-state index contributed by atoms with van der Waals surface area (Å²) < 4.78 is 0. The molecule has 1 saturated heterocycles. The standard InChI is InChI=1S/C12H19N3OS.2ClH/c1-3-12(5-4-6-15-12)11(16)13-7-10-9(2)14-8-17-10;;/h8,15H,3-7H2,1-2H3,(H,13,16);2*1H. The van der Waals surface area contributed by atoms with Gasteiger partial charge in [0.15, 0.2) is 0 Å². The second-order valence-electron chi connectivity index (χ2n) is 4.51. The van der Waals surface area contributed by atoms with Crippen molar-refractivity contribution in [1.29, 1.82) is 0 Å². The van der Waals surface area contributed by atoms with E-state index in [1.807, 2.05) is 12.4 Å². The van der Waals surface area contributed by atoms with Gasteiger partial charge in [-0.3, -0.25) is 4.79 Å². The van der Waals surface area contributed by atoms with Crippen LogP contribution < -0.4 is 10.6 Å². The number of hydrogen-bond donors (Lipinski definition) is 2. The van der Waals surface area contributed by atoms with Crippen LogP contribution in [0.3, 0.4) is 0 Å². The van der Waals surface area contributed by atoms with Crippen LogP contribution in [-0.4, -0.2) is 23.0 Å². The van der Waals surface area contributed by atoms with Crippen molar-refractivity contribution in [3.63, 3.8) is 0 Å². The largest absolute Gasteiger partial charge is 0.350 e. The van der Waals surface area contributed by atoms with E-state index in [-0.39, 0.29) is 36.3 Å². The van der Waals surface area contributed by atoms with Gasteiger partial charge < -0.3 is 10.6 Å². The SMILES string of the molecule is CCC1(C(=O)NCc2scnc2C)CCCN1.Cl.Cl. The average Bonchev–Trinajstić information content (AvgIpc) is 2.95. The normalized spacial score (nSPS) is 21.4. The van der Waals surface area contributed by atoms with Gasteiger partial charge in [0.05, 0.1) is 23.3 Å². The lowest BCUT2D eigenvalue weighted by molar-refractivity contribution is -0.127. The van der Waals surface area contributed by atoms with Crippen LogP contribution in [0.5, 0.6) is 0 Å². The summed E-state index contributed by atoms with van der Waals surface area (Å²) in [6, 6.07) is 0. The highest BCUT2D eigenvalue weighted by Crippen LogP contribution is 2.23. The Morgan fingerprint density at radius 3 is 2.79 bits per heavy atom. The summed E-state index contributed by atoms with van der Waals surface area (Å²) in [5.41, 5.74) is 2.50. The summed E-state index contributed by atoms with van der Waals surface area (Å²) in [5, 5.41) is 6.37. The molecule has 7 heteroatoms. The highest BCUT2D eigenvalue weighted by atomic mass is 35.5. The molecule has 1 unspecified atom stereocenters. The first-order chi connectivity index (χ1) is 8.18. The Morgan fingerprint density at radius 2 is 2.32 bits per heavy atom. The summed E-state index contributed by atoms with van der Waals surface area (Å²) >= 11 is 1.59. The zero-order valence-corrected chi connectivity index (χ0v) is 13.6. The molecule has 1 aromatic rings. The lowest BCUT2D eigenvalue weighted by atomic mass is 9.93. The van der Waals surface area contributed by atoms with Crippen LogP contribution in [0.15, 0.2) is 5.51 Å². The molecule has 0 spiro atoms. The number of hydrogen-bond acceptors (Lipinski definition) is 4. The number of nitrogens with zero attached hydrogens (tertiary/aromatic N) is 1. The van der Waals surface area contributed by atoms with Crippen LogP contribution in [0, 0.1) is 6.92 Å². The molecule has 0 bridgehead atoms. The van der Waals surface area contributed by atoms with Gasteiger partial charge in [0.25, 0.3) is 0 Å². The number of thiazole rings is 1. The molecule has 1 atom stereocenters. The molecule has 0 aliphatic carbocycles. The Hall–Kier alpha value is -0.360. The van der Waals surface area contributed by atoms with Gasteiger partial charge in [-0.1, -0.05) is 6.92 Å². The number of rotatable bonds is 4. The summed E-state index contributed by atoms with van der Waals surface area (Å²) in [7, 11) is 0. The van der Waals surface area contributed by atoms with Crippen LogP contribution in [0.4, 0.5) is 0 Å². The van der Waals surface area contributed by atoms with Crippen molar-refractivity contribution in [2.75, 3.05) is 6.54 Å². The molecule has 1 aliphatic rings. The second kappa shape index (κ2) is 8.04. The van der Waals surface area contributed by atoms with E-state index in [1.165, 1.54) is 0 Å². The van der Waals surface area contributed by atoms with Gasteiger partial charge in [-0.05, 0) is 32.7 Å². The minimum atomic E-state index is -0.335. The van der Waals surface area contributed by atoms with Crippen LogP contribution >= 0.6 is 36.2 Å². The zero-order chi connectivity index (χ0) is 12.3. The quantitative estimate of drug-likeness (QED) is 0.894. The number of amides is 1. The molecule has 0 saturated carbocycles. The molecule has 1 amide bonds. The lowest BCUT2D eigenvalue weighted by Crippen LogP contribution is -2.52. The molecule has 4 nitrogen and oxygen atoms in total. The molecule has 1 fully saturated rings. The monoisotopic (exact) mass is 325 g/mol. The van der Waals surface area contributed by atoms with E-state index >= 15 is 0 Å². The van der Waals surface area contributed by atoms with E-state index in [1.54, 1.807) is 11.3 Å². The summed E-state index contributed by atoms with van der Waals surface area (Å²) in [6.45, 7) is 5.58. The Balaban J connectivity index is 0.00000162. The highest BCUT2D eigenvalue weighted by Gasteiger charge is 2.38. The molecular formula is C12H21Cl2N3OS. The fourth-order valence-corrected chi connectivity index (χ4v) is 3.00. The minimum Gasteiger partial charge on any atom is -0.350 e. The van der Waals surface area contributed by atoms with E-state index in [4.69, 9.17) is 0 Å². The van der Waals surface area contributed by atoms with E-state index in [9.17, 15) is 4.79 Å². The molecule has 2 heterocycles. The molecule has 110 valence electrons. The van der Waals surface area contributed by atoms with Crippen LogP contribution in [0.1, 0.15) is 36.8 Å². The lowest BCUT2D eigenvalue weighted by Gasteiger charge is -2.26. The number of carbonyl (C=O) groups is 1. The number of nitrogens with one attached hydrogen (secondary N) is 2. The smallest absolute Gasteiger partial charge is 0.240 e. The first-order valence-electron chi connectivity index (χ1n) is 6.10. The molecular weight excluding hydrogens is 305 g/mol. The Morgan fingerprint density at radius 1 is 1.58 bits per heavy atom. The zero-order valence-electron chi connectivity index (χ0n) is 11.2. The number of aromatic nitrogens is 1. The molecule has 1 aliphatic heterocycles. The van der Waals surface area contributed by atoms with Crippen LogP contribution in [0.25, 0.3) is 0 Å². The minimum absolute atomic E-state index is 0. The van der Waals surface area contributed by atoms with Gasteiger partial charge >= 0.3 is 0 Å². The van der Waals surface area contributed by atoms with Crippen molar-refractivity contribution < 1.29 is 4.79 Å². The Bertz CT molecular complexity index is 405. The molecule has 2 N–H and O–H groups in total. The van der Waals surface area contributed by atoms with Crippen LogP contribution in [0.2, 0.25) is 0 Å². The van der Waals surface area contributed by atoms with Crippen molar-refractivity contribution >= 4 is 42.1 Å². The first-order valence-corrected chi connectivity index (χ1v) is 6.98. The Kier molecular flexibility index (Phi) is 7.89. The maximum Gasteiger partial charge on any atom is 0.240 e. The first kappa shape index (κ1) is 18.6. The van der Waals surface area contributed by atoms with Gasteiger partial charge in [0, 0.05) is 4.88 Å². The van der Waals surface area contributed by atoms with E-state index < -0.39 is 0 Å². The highest BCUT2D eigenvalue weighted by molar-refractivity contribution is 7.09. The predicted octanol–water partition coefficient (Wildman–Crippen LogP) is 2.44. The van der Waals surface area contributed by atoms with Crippen molar-refractivity contribution in [3.05, 3.63) is 16.1 Å². The summed E-state index contributed by atoms with van der Waals surface area (Å²) in [5.74, 6) is 0.130. The van der Waals surface area contributed by atoms with Gasteiger partial charge in [0.2, 0.25) is 5.91 Å². The Labute approximate surface area is 130 Å². The van der Waals surface area contributed by atoms with Crippen molar-refractivity contribution in [1.82, 2.24) is 15.6 Å². The maximum absolute atomic E-state index is 12.2. The topological polar surface area (TPSA) is 54.0 Å². The van der Waals surface area contributed by atoms with Gasteiger partial charge in [0.1, 0.15) is 0 Å². The summed E-state index contributed by atoms with van der Waals surface area (Å²) in [6.07, 6.45) is 2.87. The third-order valence-electron chi connectivity index (χ3n) is 3.54. The van der Waals surface area contributed by atoms with Crippen molar-refractivity contribution in [3.8, 4) is 0 Å². The number of halogens is 2. The predicted molar refractivity (Wildman–Crippen MR) is 83.5 cm³/mol. The van der Waals surface area contributed by atoms with Gasteiger partial charge in [-0.15, -0.1) is 36.2 Å². The molecule has 0 aromatic carbocycles. The molecule has 19 heavy (non-hydrogen) atoms. The fourth-order valence-electron chi connectivity index (χ4n) is 2.29. The van der Waals surface area contributed by atoms with Crippen molar-refractivity contribution in [2.45, 2.75) is 45.2 Å². The molecule has 2 rings (SSSR count). The number of carbonyl (C=O) groups excluding carboxylic acids is 1. The van der Waals surface area contributed by atoms with Crippen LogP contribution in [-0.2, 0) is 11.3 Å². The maximum atomic E-state index is 12.2. The van der Waals surface area contributed by atoms with E-state index in [2.05, 4.69) is 22.5 Å². The third kappa shape index (κ3) is 4.05. The van der Waals surface area contributed by atoms with E-state index in [0.717, 1.165) is 36.4 Å². The van der Waals surface area contributed by atoms with Crippen molar-refractivity contribution in [2.24, 2.45) is 0 Å². The van der Waals surface area contributed by atoms with Gasteiger partial charge in [-0.2, -0.15) is 0 Å². The van der Waals surface area contributed by atoms with Gasteiger partial charge in [-0.25, -0.2) is 4.98 Å². The fraction of sp³-hybridized carbons (Fsp3) is 0.667. The summed E-state index contributed by atoms with van der Waals surface area (Å²) in [4.78, 5) is 17.5. The third-order valence-corrected chi connectivity index (χ3v) is 4.47.